The number of aromatic nitrogens is 1. The van der Waals surface area contributed by atoms with E-state index in [4.69, 9.17) is 11.6 Å². The fraction of sp³-hybridized carbons (Fsp3) is 0.200. The molecule has 0 aliphatic heterocycles. The maximum Gasteiger partial charge on any atom is 0.211 e. The van der Waals surface area contributed by atoms with Crippen LogP contribution in [0.5, 0.6) is 0 Å². The zero-order valence-corrected chi connectivity index (χ0v) is 10.0. The number of fused-ring (bicyclic) bond motifs is 1. The van der Waals surface area contributed by atoms with Crippen LogP contribution in [0.25, 0.3) is 10.2 Å². The number of rotatable bonds is 1. The summed E-state index contributed by atoms with van der Waals surface area (Å²) in [6.45, 7) is 1.84. The molecule has 5 heteroatoms. The minimum absolute atomic E-state index is 0.744. The van der Waals surface area contributed by atoms with Gasteiger partial charge in [-0.15, -0.1) is 5.10 Å². The van der Waals surface area contributed by atoms with E-state index < -0.39 is 0 Å². The van der Waals surface area contributed by atoms with Crippen LogP contribution in [0.3, 0.4) is 0 Å². The number of benzene rings is 1. The second-order valence-electron chi connectivity index (χ2n) is 3.00. The minimum Gasteiger partial charge on any atom is -0.317 e. The predicted octanol–water partition coefficient (Wildman–Crippen LogP) is 2.80. The quantitative estimate of drug-likeness (QED) is 0.541. The molecule has 3 nitrogen and oxygen atoms in total. The molecule has 2 rings (SSSR count). The van der Waals surface area contributed by atoms with Crippen LogP contribution in [0.4, 0.5) is 0 Å². The monoisotopic (exact) mass is 239 g/mol. The second kappa shape index (κ2) is 4.16. The lowest BCUT2D eigenvalue weighted by molar-refractivity contribution is 0.889. The first-order valence-corrected chi connectivity index (χ1v) is 5.69. The summed E-state index contributed by atoms with van der Waals surface area (Å²) in [4.78, 5) is 0.844. The Bertz CT molecular complexity index is 580. The van der Waals surface area contributed by atoms with Crippen LogP contribution in [0.2, 0.25) is 5.02 Å². The van der Waals surface area contributed by atoms with Crippen molar-refractivity contribution in [2.45, 2.75) is 6.92 Å². The van der Waals surface area contributed by atoms with Gasteiger partial charge in [-0.05, 0) is 19.1 Å². The van der Waals surface area contributed by atoms with Gasteiger partial charge in [0.25, 0.3) is 0 Å². The molecule has 0 atom stereocenters. The zero-order chi connectivity index (χ0) is 10.8. The van der Waals surface area contributed by atoms with Gasteiger partial charge >= 0.3 is 0 Å². The Morgan fingerprint density at radius 3 is 2.93 bits per heavy atom. The molecular formula is C10H10ClN3S. The first kappa shape index (κ1) is 10.4. The fourth-order valence-electron chi connectivity index (χ4n) is 1.36. The van der Waals surface area contributed by atoms with E-state index in [1.807, 2.05) is 36.7 Å². The Balaban J connectivity index is 2.81. The molecule has 0 bridgehead atoms. The van der Waals surface area contributed by atoms with E-state index in [0.717, 1.165) is 20.0 Å². The highest BCUT2D eigenvalue weighted by Gasteiger charge is 2.05. The molecule has 0 saturated carbocycles. The van der Waals surface area contributed by atoms with E-state index in [9.17, 15) is 0 Å². The molecule has 0 fully saturated rings. The van der Waals surface area contributed by atoms with Crippen molar-refractivity contribution in [1.29, 1.82) is 0 Å². The summed E-state index contributed by atoms with van der Waals surface area (Å²) in [6.07, 6.45) is 1.66. The van der Waals surface area contributed by atoms with Crippen LogP contribution >= 0.6 is 22.9 Å². The minimum atomic E-state index is 0.744. The normalized spacial score (nSPS) is 13.1. The SMILES string of the molecule is C/C=N\N=c1\sc2cccc(Cl)c2n1C. The number of halogens is 1. The maximum absolute atomic E-state index is 6.12. The van der Waals surface area contributed by atoms with Crippen molar-refractivity contribution >= 4 is 39.4 Å². The van der Waals surface area contributed by atoms with Crippen molar-refractivity contribution in [2.75, 3.05) is 0 Å². The summed E-state index contributed by atoms with van der Waals surface area (Å²) in [5.41, 5.74) is 1.01. The van der Waals surface area contributed by atoms with Gasteiger partial charge in [0.15, 0.2) is 0 Å². The molecule has 1 heterocycles. The average molecular weight is 240 g/mol. The standard InChI is InChI=1S/C10H10ClN3S/c1-3-12-13-10-14(2)9-7(11)5-4-6-8(9)15-10/h3-6H,1-2H3/b12-3-,13-10+. The van der Waals surface area contributed by atoms with Gasteiger partial charge < -0.3 is 4.57 Å². The van der Waals surface area contributed by atoms with Crippen LogP contribution in [-0.4, -0.2) is 10.8 Å². The highest BCUT2D eigenvalue weighted by Crippen LogP contribution is 2.24. The summed E-state index contributed by atoms with van der Waals surface area (Å²) >= 11 is 7.69. The van der Waals surface area contributed by atoms with Crippen molar-refractivity contribution in [3.05, 3.63) is 28.0 Å². The van der Waals surface area contributed by atoms with Crippen molar-refractivity contribution < 1.29 is 0 Å². The smallest absolute Gasteiger partial charge is 0.211 e. The summed E-state index contributed by atoms with van der Waals surface area (Å²) in [5, 5.41) is 8.71. The largest absolute Gasteiger partial charge is 0.317 e. The van der Waals surface area contributed by atoms with E-state index in [1.54, 1.807) is 17.6 Å². The Hall–Kier alpha value is -1.13. The molecule has 0 spiro atoms. The Morgan fingerprint density at radius 2 is 2.27 bits per heavy atom. The number of thiazole rings is 1. The van der Waals surface area contributed by atoms with Crippen molar-refractivity contribution in [3.63, 3.8) is 0 Å². The molecule has 78 valence electrons. The molecule has 0 amide bonds. The number of nitrogens with zero attached hydrogens (tertiary/aromatic N) is 3. The van der Waals surface area contributed by atoms with Gasteiger partial charge in [-0.2, -0.15) is 5.10 Å². The topological polar surface area (TPSA) is 29.6 Å². The van der Waals surface area contributed by atoms with Crippen molar-refractivity contribution in [1.82, 2.24) is 4.57 Å². The molecule has 1 aromatic heterocycles. The van der Waals surface area contributed by atoms with Gasteiger partial charge in [0.05, 0.1) is 15.2 Å². The molecule has 0 N–H and O–H groups in total. The van der Waals surface area contributed by atoms with E-state index in [2.05, 4.69) is 10.2 Å². The molecule has 2 aromatic rings. The van der Waals surface area contributed by atoms with Crippen molar-refractivity contribution in [2.24, 2.45) is 17.3 Å². The highest BCUT2D eigenvalue weighted by atomic mass is 35.5. The van der Waals surface area contributed by atoms with Crippen LogP contribution in [0, 0.1) is 0 Å². The average Bonchev–Trinajstić information content (AvgIpc) is 2.54. The first-order chi connectivity index (χ1) is 7.24. The molecule has 0 saturated heterocycles. The third-order valence-corrected chi connectivity index (χ3v) is 3.42. The van der Waals surface area contributed by atoms with E-state index in [1.165, 1.54) is 0 Å². The second-order valence-corrected chi connectivity index (χ2v) is 4.42. The van der Waals surface area contributed by atoms with E-state index >= 15 is 0 Å². The van der Waals surface area contributed by atoms with Gasteiger partial charge in [-0.25, -0.2) is 0 Å². The lowest BCUT2D eigenvalue weighted by atomic mass is 10.3. The zero-order valence-electron chi connectivity index (χ0n) is 8.44. The lowest BCUT2D eigenvalue weighted by Gasteiger charge is -1.96. The summed E-state index contributed by atoms with van der Waals surface area (Å²) < 4.78 is 3.07. The fourth-order valence-corrected chi connectivity index (χ4v) is 2.72. The van der Waals surface area contributed by atoms with Gasteiger partial charge in [0.1, 0.15) is 0 Å². The Kier molecular flexibility index (Phi) is 2.88. The van der Waals surface area contributed by atoms with Gasteiger partial charge in [0, 0.05) is 13.3 Å². The highest BCUT2D eigenvalue weighted by molar-refractivity contribution is 7.16. The van der Waals surface area contributed by atoms with Crippen LogP contribution in [0.15, 0.2) is 28.4 Å². The summed E-state index contributed by atoms with van der Waals surface area (Å²) in [5.74, 6) is 0. The van der Waals surface area contributed by atoms with Crippen LogP contribution < -0.4 is 4.80 Å². The Morgan fingerprint density at radius 1 is 1.47 bits per heavy atom. The summed E-state index contributed by atoms with van der Waals surface area (Å²) in [6, 6.07) is 5.85. The van der Waals surface area contributed by atoms with Crippen LogP contribution in [-0.2, 0) is 7.05 Å². The summed E-state index contributed by atoms with van der Waals surface area (Å²) in [7, 11) is 1.94. The molecular weight excluding hydrogens is 230 g/mol. The van der Waals surface area contributed by atoms with Crippen molar-refractivity contribution in [3.8, 4) is 0 Å². The number of aryl methyl sites for hydroxylation is 1. The van der Waals surface area contributed by atoms with Gasteiger partial charge in [-0.1, -0.05) is 29.0 Å². The molecule has 0 aliphatic rings. The predicted molar refractivity (Wildman–Crippen MR) is 65.5 cm³/mol. The maximum atomic E-state index is 6.12. The molecule has 0 aliphatic carbocycles. The van der Waals surface area contributed by atoms with E-state index in [0.29, 0.717) is 0 Å². The van der Waals surface area contributed by atoms with Gasteiger partial charge in [-0.3, -0.25) is 0 Å². The molecule has 0 unspecified atom stereocenters. The Labute approximate surface area is 96.3 Å². The number of hydrogen-bond acceptors (Lipinski definition) is 3. The molecule has 15 heavy (non-hydrogen) atoms. The third kappa shape index (κ3) is 1.82. The number of para-hydroxylation sites is 1. The molecule has 1 aromatic carbocycles. The van der Waals surface area contributed by atoms with E-state index in [-0.39, 0.29) is 0 Å². The number of hydrogen-bond donors (Lipinski definition) is 0. The van der Waals surface area contributed by atoms with Crippen LogP contribution in [0.1, 0.15) is 6.92 Å². The lowest BCUT2D eigenvalue weighted by Crippen LogP contribution is -2.09. The third-order valence-electron chi connectivity index (χ3n) is 2.03. The van der Waals surface area contributed by atoms with Gasteiger partial charge in [0.2, 0.25) is 4.80 Å². The molecule has 0 radical (unpaired) electrons. The first-order valence-electron chi connectivity index (χ1n) is 4.49.